The van der Waals surface area contributed by atoms with Crippen molar-refractivity contribution in [1.29, 1.82) is 0 Å². The maximum atomic E-state index is 11.3. The van der Waals surface area contributed by atoms with Crippen LogP contribution in [0, 0.1) is 0 Å². The molecule has 0 aliphatic carbocycles. The van der Waals surface area contributed by atoms with Crippen LogP contribution in [0.15, 0.2) is 18.2 Å². The van der Waals surface area contributed by atoms with E-state index in [2.05, 4.69) is 5.48 Å². The van der Waals surface area contributed by atoms with E-state index in [4.69, 9.17) is 10.6 Å². The van der Waals surface area contributed by atoms with E-state index in [0.29, 0.717) is 5.56 Å². The van der Waals surface area contributed by atoms with Crippen LogP contribution >= 0.6 is 0 Å². The van der Waals surface area contributed by atoms with E-state index in [1.165, 1.54) is 6.92 Å². The molecule has 0 atom stereocenters. The zero-order chi connectivity index (χ0) is 12.8. The molecule has 3 N–H and O–H groups in total. The van der Waals surface area contributed by atoms with Crippen LogP contribution < -0.4 is 11.2 Å². The molecular weight excluding hydrogens is 220 g/mol. The molecule has 0 saturated carbocycles. The Hall–Kier alpha value is -1.88. The molecule has 2 amide bonds. The van der Waals surface area contributed by atoms with Crippen molar-refractivity contribution in [3.63, 3.8) is 0 Å². The molecule has 92 valence electrons. The van der Waals surface area contributed by atoms with Gasteiger partial charge in [-0.3, -0.25) is 14.4 Å². The zero-order valence-electron chi connectivity index (χ0n) is 9.95. The maximum absolute atomic E-state index is 11.3. The van der Waals surface area contributed by atoms with Gasteiger partial charge in [0.25, 0.3) is 0 Å². The second-order valence-corrected chi connectivity index (χ2v) is 3.61. The Labute approximate surface area is 99.9 Å². The van der Waals surface area contributed by atoms with Crippen LogP contribution in [0.25, 0.3) is 0 Å². The van der Waals surface area contributed by atoms with E-state index in [0.717, 1.165) is 17.5 Å². The standard InChI is InChI=1S/C12H16N2O3/c1-3-9-5-4-6-10(12(13)16)11(9)7-17-14-8(2)15/h4-6H,3,7H2,1-2H3,(H2,13,16)(H,14,15). The summed E-state index contributed by atoms with van der Waals surface area (Å²) in [6.07, 6.45) is 0.764. The number of hydroxylamine groups is 1. The number of hydrogen-bond acceptors (Lipinski definition) is 3. The lowest BCUT2D eigenvalue weighted by molar-refractivity contribution is -0.132. The van der Waals surface area contributed by atoms with Gasteiger partial charge in [0.05, 0.1) is 0 Å². The summed E-state index contributed by atoms with van der Waals surface area (Å²) in [4.78, 5) is 27.0. The number of benzene rings is 1. The van der Waals surface area contributed by atoms with Crippen LogP contribution in [-0.4, -0.2) is 11.8 Å². The Morgan fingerprint density at radius 2 is 2.12 bits per heavy atom. The lowest BCUT2D eigenvalue weighted by atomic mass is 9.99. The molecule has 1 rings (SSSR count). The third-order valence-electron chi connectivity index (χ3n) is 2.35. The Morgan fingerprint density at radius 3 is 2.65 bits per heavy atom. The second-order valence-electron chi connectivity index (χ2n) is 3.61. The smallest absolute Gasteiger partial charge is 0.249 e. The fraction of sp³-hybridized carbons (Fsp3) is 0.333. The van der Waals surface area contributed by atoms with E-state index >= 15 is 0 Å². The quantitative estimate of drug-likeness (QED) is 0.746. The third-order valence-corrected chi connectivity index (χ3v) is 2.35. The molecule has 0 bridgehead atoms. The molecule has 17 heavy (non-hydrogen) atoms. The van der Waals surface area contributed by atoms with Gasteiger partial charge >= 0.3 is 0 Å². The van der Waals surface area contributed by atoms with Crippen molar-refractivity contribution >= 4 is 11.8 Å². The van der Waals surface area contributed by atoms with Crippen LogP contribution in [0.4, 0.5) is 0 Å². The number of nitrogens with one attached hydrogen (secondary N) is 1. The number of rotatable bonds is 5. The van der Waals surface area contributed by atoms with Crippen LogP contribution in [0.1, 0.15) is 35.3 Å². The molecule has 0 aliphatic rings. The monoisotopic (exact) mass is 236 g/mol. The van der Waals surface area contributed by atoms with E-state index in [9.17, 15) is 9.59 Å². The predicted octanol–water partition coefficient (Wildman–Crippen LogP) is 0.916. The molecular formula is C12H16N2O3. The number of aryl methyl sites for hydroxylation is 1. The second kappa shape index (κ2) is 6.00. The van der Waals surface area contributed by atoms with Crippen molar-refractivity contribution in [3.05, 3.63) is 34.9 Å². The van der Waals surface area contributed by atoms with Gasteiger partial charge in [-0.25, -0.2) is 5.48 Å². The fourth-order valence-electron chi connectivity index (χ4n) is 1.58. The van der Waals surface area contributed by atoms with Gasteiger partial charge in [0, 0.05) is 12.5 Å². The van der Waals surface area contributed by atoms with Gasteiger partial charge < -0.3 is 5.73 Å². The summed E-state index contributed by atoms with van der Waals surface area (Å²) in [5, 5.41) is 0. The van der Waals surface area contributed by atoms with Crippen LogP contribution in [-0.2, 0) is 22.7 Å². The van der Waals surface area contributed by atoms with E-state index < -0.39 is 5.91 Å². The van der Waals surface area contributed by atoms with Crippen molar-refractivity contribution in [2.75, 3.05) is 0 Å². The minimum atomic E-state index is -0.498. The van der Waals surface area contributed by atoms with E-state index in [1.807, 2.05) is 13.0 Å². The van der Waals surface area contributed by atoms with Gasteiger partial charge in [-0.15, -0.1) is 0 Å². The highest BCUT2D eigenvalue weighted by molar-refractivity contribution is 5.94. The minimum absolute atomic E-state index is 0.127. The SMILES string of the molecule is CCc1cccc(C(N)=O)c1CONC(C)=O. The third kappa shape index (κ3) is 3.57. The summed E-state index contributed by atoms with van der Waals surface area (Å²) in [5.74, 6) is -0.790. The van der Waals surface area contributed by atoms with Gasteiger partial charge in [0.15, 0.2) is 0 Å². The van der Waals surface area contributed by atoms with Crippen LogP contribution in [0.5, 0.6) is 0 Å². The molecule has 1 aromatic carbocycles. The number of nitrogens with two attached hydrogens (primary N) is 1. The first-order valence-corrected chi connectivity index (χ1v) is 5.35. The number of amides is 2. The van der Waals surface area contributed by atoms with Gasteiger partial charge in [-0.2, -0.15) is 0 Å². The first-order chi connectivity index (χ1) is 8.06. The molecule has 0 aliphatic heterocycles. The maximum Gasteiger partial charge on any atom is 0.249 e. The van der Waals surface area contributed by atoms with Crippen LogP contribution in [0.2, 0.25) is 0 Å². The summed E-state index contributed by atoms with van der Waals surface area (Å²) < 4.78 is 0. The normalized spacial score (nSPS) is 10.0. The van der Waals surface area contributed by atoms with Crippen molar-refractivity contribution in [3.8, 4) is 0 Å². The zero-order valence-corrected chi connectivity index (χ0v) is 9.95. The Kier molecular flexibility index (Phi) is 4.66. The summed E-state index contributed by atoms with van der Waals surface area (Å²) in [6.45, 7) is 3.45. The average Bonchev–Trinajstić information content (AvgIpc) is 2.28. The van der Waals surface area contributed by atoms with E-state index in [-0.39, 0.29) is 12.5 Å². The highest BCUT2D eigenvalue weighted by atomic mass is 16.6. The van der Waals surface area contributed by atoms with E-state index in [1.54, 1.807) is 12.1 Å². The first-order valence-electron chi connectivity index (χ1n) is 5.35. The molecule has 0 aromatic heterocycles. The van der Waals surface area contributed by atoms with Crippen molar-refractivity contribution < 1.29 is 14.4 Å². The fourth-order valence-corrected chi connectivity index (χ4v) is 1.58. The minimum Gasteiger partial charge on any atom is -0.366 e. The molecule has 1 aromatic rings. The molecule has 0 heterocycles. The number of carbonyl (C=O) groups is 2. The lowest BCUT2D eigenvalue weighted by Gasteiger charge is -2.12. The summed E-state index contributed by atoms with van der Waals surface area (Å²) in [7, 11) is 0. The highest BCUT2D eigenvalue weighted by Gasteiger charge is 2.11. The summed E-state index contributed by atoms with van der Waals surface area (Å²) >= 11 is 0. The van der Waals surface area contributed by atoms with Gasteiger partial charge in [0.1, 0.15) is 6.61 Å². The van der Waals surface area contributed by atoms with Crippen molar-refractivity contribution in [1.82, 2.24) is 5.48 Å². The number of primary amides is 1. The van der Waals surface area contributed by atoms with Crippen LogP contribution in [0.3, 0.4) is 0 Å². The molecule has 0 radical (unpaired) electrons. The number of carbonyl (C=O) groups excluding carboxylic acids is 2. The van der Waals surface area contributed by atoms with Gasteiger partial charge in [-0.05, 0) is 23.6 Å². The molecule has 5 nitrogen and oxygen atoms in total. The van der Waals surface area contributed by atoms with Crippen molar-refractivity contribution in [2.45, 2.75) is 26.9 Å². The topological polar surface area (TPSA) is 81.4 Å². The molecule has 0 spiro atoms. The molecule has 0 saturated heterocycles. The Bertz CT molecular complexity index is 430. The van der Waals surface area contributed by atoms with Gasteiger partial charge in [0.2, 0.25) is 11.8 Å². The molecule has 5 heteroatoms. The van der Waals surface area contributed by atoms with Crippen molar-refractivity contribution in [2.24, 2.45) is 5.73 Å². The summed E-state index contributed by atoms with van der Waals surface area (Å²) in [5.41, 5.74) is 9.63. The Morgan fingerprint density at radius 1 is 1.41 bits per heavy atom. The van der Waals surface area contributed by atoms with Gasteiger partial charge in [-0.1, -0.05) is 19.1 Å². The molecule has 0 fully saturated rings. The number of hydrogen-bond donors (Lipinski definition) is 2. The predicted molar refractivity (Wildman–Crippen MR) is 62.9 cm³/mol. The lowest BCUT2D eigenvalue weighted by Crippen LogP contribution is -2.22. The first kappa shape index (κ1) is 13.2. The highest BCUT2D eigenvalue weighted by Crippen LogP contribution is 2.16. The summed E-state index contributed by atoms with van der Waals surface area (Å²) in [6, 6.07) is 5.33. The average molecular weight is 236 g/mol. The Balaban J connectivity index is 2.93. The molecule has 0 unspecified atom stereocenters. The largest absolute Gasteiger partial charge is 0.366 e.